The van der Waals surface area contributed by atoms with Gasteiger partial charge in [-0.3, -0.25) is 4.79 Å². The van der Waals surface area contributed by atoms with Gasteiger partial charge >= 0.3 is 5.97 Å². The van der Waals surface area contributed by atoms with E-state index >= 15 is 0 Å². The van der Waals surface area contributed by atoms with Gasteiger partial charge in [-0.15, -0.1) is 0 Å². The fourth-order valence-corrected chi connectivity index (χ4v) is 1.63. The molecular formula is C14H26AgO2. The van der Waals surface area contributed by atoms with Gasteiger partial charge in [0.2, 0.25) is 0 Å². The van der Waals surface area contributed by atoms with Crippen LogP contribution in [0.5, 0.6) is 0 Å². The quantitative estimate of drug-likeness (QED) is 0.342. The molecule has 0 spiro atoms. The Hall–Kier alpha value is -0.0497. The van der Waals surface area contributed by atoms with Crippen molar-refractivity contribution >= 4 is 5.97 Å². The zero-order valence-electron chi connectivity index (χ0n) is 10.9. The fourth-order valence-electron chi connectivity index (χ4n) is 1.63. The van der Waals surface area contributed by atoms with Gasteiger partial charge in [0, 0.05) is 28.8 Å². The number of hydrogen-bond acceptors (Lipinski definition) is 1. The molecule has 0 aliphatic carbocycles. The zero-order chi connectivity index (χ0) is 12.1. The third-order valence-electron chi connectivity index (χ3n) is 2.65. The maximum atomic E-state index is 10.3. The monoisotopic (exact) mass is 333 g/mol. The molecule has 0 aliphatic heterocycles. The number of allylic oxidation sites excluding steroid dienone is 2. The summed E-state index contributed by atoms with van der Waals surface area (Å²) in [5.41, 5.74) is 0. The summed E-state index contributed by atoms with van der Waals surface area (Å²) < 4.78 is 0. The summed E-state index contributed by atoms with van der Waals surface area (Å²) in [6.45, 7) is 2.21. The van der Waals surface area contributed by atoms with Crippen LogP contribution in [-0.2, 0) is 27.2 Å². The minimum absolute atomic E-state index is 0. The third-order valence-corrected chi connectivity index (χ3v) is 2.65. The van der Waals surface area contributed by atoms with Gasteiger partial charge in [-0.1, -0.05) is 51.2 Å². The molecule has 17 heavy (non-hydrogen) atoms. The van der Waals surface area contributed by atoms with Crippen molar-refractivity contribution < 1.29 is 32.3 Å². The van der Waals surface area contributed by atoms with Crippen molar-refractivity contribution in [2.24, 2.45) is 0 Å². The first-order valence-corrected chi connectivity index (χ1v) is 6.64. The summed E-state index contributed by atoms with van der Waals surface area (Å²) >= 11 is 0. The van der Waals surface area contributed by atoms with E-state index in [4.69, 9.17) is 5.11 Å². The standard InChI is InChI=1S/C14H26O2.Ag/c1-2-3-4-5-6-7-8-9-10-11-12-13-14(15)16;/h5-6H,2-4,7-13H2,1H3,(H,15,16);/b6-5-;. The van der Waals surface area contributed by atoms with Gasteiger partial charge in [-0.05, 0) is 25.7 Å². The molecule has 0 aromatic rings. The Morgan fingerprint density at radius 1 is 0.941 bits per heavy atom. The summed E-state index contributed by atoms with van der Waals surface area (Å²) in [6, 6.07) is 0. The van der Waals surface area contributed by atoms with Crippen molar-refractivity contribution in [3.05, 3.63) is 12.2 Å². The molecule has 0 unspecified atom stereocenters. The molecule has 3 heteroatoms. The smallest absolute Gasteiger partial charge is 0.303 e. The van der Waals surface area contributed by atoms with Gasteiger partial charge in [0.1, 0.15) is 0 Å². The molecule has 105 valence electrons. The topological polar surface area (TPSA) is 37.3 Å². The van der Waals surface area contributed by atoms with Gasteiger partial charge in [0.15, 0.2) is 0 Å². The summed E-state index contributed by atoms with van der Waals surface area (Å²) in [6.07, 6.45) is 15.4. The average Bonchev–Trinajstić information content (AvgIpc) is 2.25. The number of hydrogen-bond donors (Lipinski definition) is 1. The molecule has 0 atom stereocenters. The number of rotatable bonds is 11. The number of carboxylic acids is 1. The summed E-state index contributed by atoms with van der Waals surface area (Å²) in [5, 5.41) is 8.45. The number of carbonyl (C=O) groups is 1. The Balaban J connectivity index is 0. The molecule has 1 N–H and O–H groups in total. The summed E-state index contributed by atoms with van der Waals surface area (Å²) in [5.74, 6) is -0.668. The minimum atomic E-state index is -0.668. The first-order chi connectivity index (χ1) is 7.77. The van der Waals surface area contributed by atoms with E-state index in [1.807, 2.05) is 0 Å². The normalized spacial score (nSPS) is 10.4. The first-order valence-electron chi connectivity index (χ1n) is 6.64. The van der Waals surface area contributed by atoms with E-state index in [0.29, 0.717) is 6.42 Å². The van der Waals surface area contributed by atoms with Crippen LogP contribution in [0.4, 0.5) is 0 Å². The summed E-state index contributed by atoms with van der Waals surface area (Å²) in [4.78, 5) is 10.3. The van der Waals surface area contributed by atoms with Crippen molar-refractivity contribution in [2.75, 3.05) is 0 Å². The van der Waals surface area contributed by atoms with Crippen molar-refractivity contribution in [3.8, 4) is 0 Å². The number of unbranched alkanes of at least 4 members (excludes halogenated alkanes) is 7. The molecule has 2 nitrogen and oxygen atoms in total. The van der Waals surface area contributed by atoms with E-state index < -0.39 is 5.97 Å². The van der Waals surface area contributed by atoms with Gasteiger partial charge in [-0.25, -0.2) is 0 Å². The Bertz CT molecular complexity index is 191. The van der Waals surface area contributed by atoms with Crippen LogP contribution >= 0.6 is 0 Å². The largest absolute Gasteiger partial charge is 0.481 e. The van der Waals surface area contributed by atoms with Crippen LogP contribution in [0.1, 0.15) is 71.1 Å². The van der Waals surface area contributed by atoms with Crippen LogP contribution in [0.15, 0.2) is 12.2 Å². The van der Waals surface area contributed by atoms with Crippen LogP contribution < -0.4 is 0 Å². The van der Waals surface area contributed by atoms with E-state index in [1.165, 1.54) is 44.9 Å². The van der Waals surface area contributed by atoms with Gasteiger partial charge in [-0.2, -0.15) is 0 Å². The fraction of sp³-hybridized carbons (Fsp3) is 0.786. The zero-order valence-corrected chi connectivity index (χ0v) is 12.4. The SMILES string of the molecule is CCCC/C=C\CCCCCCCC(=O)O.[Ag]. The molecule has 0 saturated carbocycles. The van der Waals surface area contributed by atoms with Crippen LogP contribution in [0.2, 0.25) is 0 Å². The Morgan fingerprint density at radius 2 is 1.47 bits per heavy atom. The van der Waals surface area contributed by atoms with E-state index in [2.05, 4.69) is 19.1 Å². The van der Waals surface area contributed by atoms with Crippen molar-refractivity contribution in [3.63, 3.8) is 0 Å². The van der Waals surface area contributed by atoms with E-state index in [-0.39, 0.29) is 22.4 Å². The maximum absolute atomic E-state index is 10.3. The number of aliphatic carboxylic acids is 1. The average molecular weight is 334 g/mol. The third kappa shape index (κ3) is 18.5. The molecule has 0 heterocycles. The molecule has 0 amide bonds. The van der Waals surface area contributed by atoms with Crippen LogP contribution in [0, 0.1) is 0 Å². The van der Waals surface area contributed by atoms with Crippen molar-refractivity contribution in [1.82, 2.24) is 0 Å². The second-order valence-corrected chi connectivity index (χ2v) is 4.31. The number of carboxylic acid groups (broad SMARTS) is 1. The molecule has 1 radical (unpaired) electrons. The molecule has 0 fully saturated rings. The molecule has 0 bridgehead atoms. The van der Waals surface area contributed by atoms with Gasteiger partial charge < -0.3 is 5.11 Å². The van der Waals surface area contributed by atoms with E-state index in [9.17, 15) is 4.79 Å². The predicted octanol–water partition coefficient (Wildman–Crippen LogP) is 4.55. The molecule has 0 aliphatic rings. The van der Waals surface area contributed by atoms with Gasteiger partial charge in [0.05, 0.1) is 0 Å². The Kier molecular flexibility index (Phi) is 18.1. The minimum Gasteiger partial charge on any atom is -0.481 e. The van der Waals surface area contributed by atoms with E-state index in [1.54, 1.807) is 0 Å². The maximum Gasteiger partial charge on any atom is 0.303 e. The van der Waals surface area contributed by atoms with Gasteiger partial charge in [0.25, 0.3) is 0 Å². The first kappa shape index (κ1) is 19.3. The second kappa shape index (κ2) is 16.0. The summed E-state index contributed by atoms with van der Waals surface area (Å²) in [7, 11) is 0. The predicted molar refractivity (Wildman–Crippen MR) is 68.6 cm³/mol. The second-order valence-electron chi connectivity index (χ2n) is 4.31. The molecule has 0 aromatic heterocycles. The van der Waals surface area contributed by atoms with Crippen molar-refractivity contribution in [2.45, 2.75) is 71.1 Å². The van der Waals surface area contributed by atoms with Crippen LogP contribution in [-0.4, -0.2) is 11.1 Å². The Labute approximate surface area is 121 Å². The molecule has 0 saturated heterocycles. The molecule has 0 aromatic carbocycles. The Morgan fingerprint density at radius 3 is 2.06 bits per heavy atom. The van der Waals surface area contributed by atoms with E-state index in [0.717, 1.165) is 12.8 Å². The van der Waals surface area contributed by atoms with Crippen LogP contribution in [0.3, 0.4) is 0 Å². The van der Waals surface area contributed by atoms with Crippen LogP contribution in [0.25, 0.3) is 0 Å². The molecule has 0 rings (SSSR count). The van der Waals surface area contributed by atoms with Crippen molar-refractivity contribution in [1.29, 1.82) is 0 Å². The molecular weight excluding hydrogens is 308 g/mol.